The molecule has 134 valence electrons. The molecule has 27 heavy (non-hydrogen) atoms. The second-order valence-electron chi connectivity index (χ2n) is 7.21. The van der Waals surface area contributed by atoms with Crippen molar-refractivity contribution in [2.75, 3.05) is 0 Å². The lowest BCUT2D eigenvalue weighted by Crippen LogP contribution is -2.68. The van der Waals surface area contributed by atoms with E-state index in [2.05, 4.69) is 110 Å². The molecule has 0 N–H and O–H groups in total. The van der Waals surface area contributed by atoms with Gasteiger partial charge in [-0.05, 0) is 28.4 Å². The van der Waals surface area contributed by atoms with E-state index in [0.29, 0.717) is 0 Å². The van der Waals surface area contributed by atoms with Gasteiger partial charge in [0.05, 0.1) is 0 Å². The van der Waals surface area contributed by atoms with Gasteiger partial charge in [0.25, 0.3) is 0 Å². The first kappa shape index (κ1) is 17.8. The van der Waals surface area contributed by atoms with E-state index in [4.69, 9.17) is 0 Å². The van der Waals surface area contributed by atoms with Crippen LogP contribution in [0.5, 0.6) is 0 Å². The molecule has 1 heteroatoms. The van der Waals surface area contributed by atoms with Crippen LogP contribution in [0.1, 0.15) is 26.2 Å². The second kappa shape index (κ2) is 7.94. The van der Waals surface area contributed by atoms with Gasteiger partial charge in [-0.25, -0.2) is 0 Å². The maximum absolute atomic E-state index is 2.38. The van der Waals surface area contributed by atoms with Crippen molar-refractivity contribution in [2.45, 2.75) is 26.2 Å². The Morgan fingerprint density at radius 3 is 1.52 bits per heavy atom. The molecule has 0 fully saturated rings. The first-order chi connectivity index (χ1) is 13.4. The third-order valence-electron chi connectivity index (χ3n) is 5.62. The van der Waals surface area contributed by atoms with Gasteiger partial charge in [-0.3, -0.25) is 0 Å². The molecule has 0 bridgehead atoms. The smallest absolute Gasteiger partial charge is 0.0805 e. The Morgan fingerprint density at radius 1 is 0.667 bits per heavy atom. The molecule has 0 amide bonds. The van der Waals surface area contributed by atoms with Gasteiger partial charge in [-0.2, -0.15) is 0 Å². The highest BCUT2D eigenvalue weighted by atomic mass is 28.3. The molecular formula is C26H26Si. The number of allylic oxidation sites excluding steroid dienone is 4. The van der Waals surface area contributed by atoms with Gasteiger partial charge < -0.3 is 0 Å². The zero-order chi connectivity index (χ0) is 18.5. The lowest BCUT2D eigenvalue weighted by Gasteiger charge is -2.36. The summed E-state index contributed by atoms with van der Waals surface area (Å²) in [5.41, 5.74) is 1.56. The van der Waals surface area contributed by atoms with E-state index in [9.17, 15) is 0 Å². The first-order valence-electron chi connectivity index (χ1n) is 9.93. The largest absolute Gasteiger partial charge is 0.176 e. The van der Waals surface area contributed by atoms with Crippen LogP contribution in [0.4, 0.5) is 0 Å². The van der Waals surface area contributed by atoms with Crippen LogP contribution >= 0.6 is 0 Å². The predicted molar refractivity (Wildman–Crippen MR) is 120 cm³/mol. The minimum absolute atomic E-state index is 1.07. The zero-order valence-corrected chi connectivity index (χ0v) is 16.9. The van der Waals surface area contributed by atoms with Crippen LogP contribution in [-0.4, -0.2) is 8.07 Å². The summed E-state index contributed by atoms with van der Waals surface area (Å²) in [6, 6.07) is 33.7. The SMILES string of the molecule is CCCC1=C([Si](c2ccccc2)(c2ccccc2)c2ccccc2)CC=C1. The number of rotatable bonds is 6. The van der Waals surface area contributed by atoms with Gasteiger partial charge in [0, 0.05) is 0 Å². The van der Waals surface area contributed by atoms with Crippen LogP contribution in [-0.2, 0) is 0 Å². The molecule has 0 aromatic heterocycles. The average Bonchev–Trinajstić information content (AvgIpc) is 3.20. The van der Waals surface area contributed by atoms with E-state index in [0.717, 1.165) is 12.8 Å². The van der Waals surface area contributed by atoms with Crippen LogP contribution in [0, 0.1) is 0 Å². The standard InChI is InChI=1S/C26H26Si/c1-2-13-22-14-12-21-26(22)27(23-15-6-3-7-16-23,24-17-8-4-9-18-24)25-19-10-5-11-20-25/h3-12,14-20H,2,13,21H2,1H3. The van der Waals surface area contributed by atoms with Crippen molar-refractivity contribution in [3.63, 3.8) is 0 Å². The van der Waals surface area contributed by atoms with E-state index in [1.807, 2.05) is 0 Å². The van der Waals surface area contributed by atoms with Crippen molar-refractivity contribution in [2.24, 2.45) is 0 Å². The Labute approximate surface area is 163 Å². The predicted octanol–water partition coefficient (Wildman–Crippen LogP) is 4.75. The summed E-state index contributed by atoms with van der Waals surface area (Å²) < 4.78 is 0. The Balaban J connectivity index is 2.09. The molecule has 0 radical (unpaired) electrons. The van der Waals surface area contributed by atoms with Crippen LogP contribution in [0.2, 0.25) is 0 Å². The summed E-state index contributed by atoms with van der Waals surface area (Å²) in [4.78, 5) is 0. The molecule has 0 saturated heterocycles. The van der Waals surface area contributed by atoms with Crippen LogP contribution in [0.3, 0.4) is 0 Å². The highest BCUT2D eigenvalue weighted by Gasteiger charge is 2.44. The molecule has 0 heterocycles. The maximum atomic E-state index is 2.38. The normalized spacial score (nSPS) is 14.0. The fourth-order valence-electron chi connectivity index (χ4n) is 4.54. The lowest BCUT2D eigenvalue weighted by atomic mass is 10.2. The third-order valence-corrected chi connectivity index (χ3v) is 10.6. The molecule has 0 nitrogen and oxygen atoms in total. The van der Waals surface area contributed by atoms with Crippen molar-refractivity contribution < 1.29 is 0 Å². The Kier molecular flexibility index (Phi) is 5.22. The fourth-order valence-corrected chi connectivity index (χ4v) is 9.77. The van der Waals surface area contributed by atoms with Gasteiger partial charge in [0.15, 0.2) is 8.07 Å². The highest BCUT2D eigenvalue weighted by Crippen LogP contribution is 2.31. The summed E-state index contributed by atoms with van der Waals surface area (Å²) in [6.45, 7) is 2.29. The minimum atomic E-state index is -2.27. The van der Waals surface area contributed by atoms with E-state index < -0.39 is 8.07 Å². The van der Waals surface area contributed by atoms with Gasteiger partial charge in [-0.1, -0.05) is 127 Å². The van der Waals surface area contributed by atoms with E-state index >= 15 is 0 Å². The van der Waals surface area contributed by atoms with E-state index in [1.165, 1.54) is 22.0 Å². The number of benzene rings is 3. The van der Waals surface area contributed by atoms with Crippen LogP contribution in [0.25, 0.3) is 0 Å². The second-order valence-corrected chi connectivity index (χ2v) is 11.0. The Bertz CT molecular complexity index is 841. The van der Waals surface area contributed by atoms with Crippen molar-refractivity contribution in [3.8, 4) is 0 Å². The van der Waals surface area contributed by atoms with Crippen molar-refractivity contribution in [1.82, 2.24) is 0 Å². The minimum Gasteiger partial charge on any atom is -0.0805 e. The van der Waals surface area contributed by atoms with Crippen LogP contribution < -0.4 is 15.6 Å². The first-order valence-corrected chi connectivity index (χ1v) is 11.9. The molecule has 0 saturated carbocycles. The van der Waals surface area contributed by atoms with Crippen LogP contribution in [0.15, 0.2) is 114 Å². The molecule has 0 unspecified atom stereocenters. The summed E-state index contributed by atoms with van der Waals surface area (Å²) >= 11 is 0. The average molecular weight is 367 g/mol. The molecular weight excluding hydrogens is 340 g/mol. The topological polar surface area (TPSA) is 0 Å². The summed E-state index contributed by atoms with van der Waals surface area (Å²) in [5.74, 6) is 0. The zero-order valence-electron chi connectivity index (χ0n) is 15.9. The quantitative estimate of drug-likeness (QED) is 0.436. The fraction of sp³-hybridized carbons (Fsp3) is 0.154. The van der Waals surface area contributed by atoms with Gasteiger partial charge in [0.2, 0.25) is 0 Å². The lowest BCUT2D eigenvalue weighted by molar-refractivity contribution is 0.924. The van der Waals surface area contributed by atoms with Crippen molar-refractivity contribution in [1.29, 1.82) is 0 Å². The molecule has 1 aliphatic carbocycles. The third kappa shape index (κ3) is 3.13. The summed E-state index contributed by atoms with van der Waals surface area (Å²) in [7, 11) is -2.27. The van der Waals surface area contributed by atoms with Gasteiger partial charge in [-0.15, -0.1) is 0 Å². The van der Waals surface area contributed by atoms with Gasteiger partial charge >= 0.3 is 0 Å². The summed E-state index contributed by atoms with van der Waals surface area (Å²) in [6.07, 6.45) is 8.17. The Morgan fingerprint density at radius 2 is 1.11 bits per heavy atom. The van der Waals surface area contributed by atoms with Crippen molar-refractivity contribution in [3.05, 3.63) is 114 Å². The molecule has 3 aromatic rings. The van der Waals surface area contributed by atoms with Crippen molar-refractivity contribution >= 4 is 23.6 Å². The molecule has 0 atom stereocenters. The molecule has 1 aliphatic rings. The van der Waals surface area contributed by atoms with Gasteiger partial charge in [0.1, 0.15) is 0 Å². The molecule has 0 spiro atoms. The molecule has 0 aliphatic heterocycles. The van der Waals surface area contributed by atoms with E-state index in [1.54, 1.807) is 10.8 Å². The monoisotopic (exact) mass is 366 g/mol. The summed E-state index contributed by atoms with van der Waals surface area (Å²) in [5, 5.41) is 6.10. The van der Waals surface area contributed by atoms with E-state index in [-0.39, 0.29) is 0 Å². The Hall–Kier alpha value is -2.64. The molecule has 3 aromatic carbocycles. The maximum Gasteiger partial charge on any atom is 0.176 e. The number of hydrogen-bond donors (Lipinski definition) is 0. The molecule has 4 rings (SSSR count). The number of hydrogen-bond acceptors (Lipinski definition) is 0. The highest BCUT2D eigenvalue weighted by molar-refractivity contribution is 7.16.